The summed E-state index contributed by atoms with van der Waals surface area (Å²) in [6.07, 6.45) is -0.544. The molecule has 0 radical (unpaired) electrons. The van der Waals surface area contributed by atoms with E-state index in [-0.39, 0.29) is 11.6 Å². The van der Waals surface area contributed by atoms with Crippen LogP contribution in [-0.2, 0) is 6.42 Å². The number of aliphatic hydroxyl groups is 1. The fourth-order valence-electron chi connectivity index (χ4n) is 1.56. The monoisotopic (exact) mass is 311 g/mol. The van der Waals surface area contributed by atoms with E-state index in [1.165, 1.54) is 12.1 Å². The van der Waals surface area contributed by atoms with Crippen molar-refractivity contribution in [2.75, 3.05) is 0 Å². The Labute approximate surface area is 111 Å². The third-order valence-corrected chi connectivity index (χ3v) is 2.99. The van der Waals surface area contributed by atoms with Crippen LogP contribution in [0.25, 0.3) is 0 Å². The molecule has 18 heavy (non-hydrogen) atoms. The predicted molar refractivity (Wildman–Crippen MR) is 68.2 cm³/mol. The average Bonchev–Trinajstić information content (AvgIpc) is 2.81. The van der Waals surface area contributed by atoms with E-state index in [4.69, 9.17) is 4.42 Å². The first kappa shape index (κ1) is 12.8. The number of hydrogen-bond donors (Lipinski definition) is 1. The number of benzene rings is 1. The Morgan fingerprint density at radius 1 is 1.28 bits per heavy atom. The van der Waals surface area contributed by atoms with Crippen molar-refractivity contribution >= 4 is 21.8 Å². The van der Waals surface area contributed by atoms with Crippen molar-refractivity contribution in [3.63, 3.8) is 0 Å². The molecule has 5 nitrogen and oxygen atoms in total. The molecule has 0 amide bonds. The van der Waals surface area contributed by atoms with Gasteiger partial charge in [-0.15, -0.1) is 0 Å². The number of halogens is 1. The molecular weight excluding hydrogens is 302 g/mol. The SMILES string of the molecule is O=[N+]([O-])c1ccc(C(O)Cc2ccc(Br)cc2)o1. The Balaban J connectivity index is 2.09. The van der Waals surface area contributed by atoms with Crippen LogP contribution in [0.15, 0.2) is 45.3 Å². The largest absolute Gasteiger partial charge is 0.433 e. The van der Waals surface area contributed by atoms with Gasteiger partial charge in [-0.05, 0) is 23.8 Å². The summed E-state index contributed by atoms with van der Waals surface area (Å²) in [5.74, 6) is -0.163. The zero-order chi connectivity index (χ0) is 13.1. The van der Waals surface area contributed by atoms with Crippen molar-refractivity contribution in [2.24, 2.45) is 0 Å². The highest BCUT2D eigenvalue weighted by Gasteiger charge is 2.18. The van der Waals surface area contributed by atoms with E-state index >= 15 is 0 Å². The van der Waals surface area contributed by atoms with Gasteiger partial charge in [-0.3, -0.25) is 10.1 Å². The summed E-state index contributed by atoms with van der Waals surface area (Å²) in [4.78, 5) is 9.83. The van der Waals surface area contributed by atoms with E-state index in [0.717, 1.165) is 10.0 Å². The number of furan rings is 1. The molecule has 94 valence electrons. The van der Waals surface area contributed by atoms with Gasteiger partial charge < -0.3 is 9.52 Å². The van der Waals surface area contributed by atoms with Gasteiger partial charge in [0.1, 0.15) is 16.8 Å². The highest BCUT2D eigenvalue weighted by molar-refractivity contribution is 9.10. The number of nitrogens with zero attached hydrogens (tertiary/aromatic N) is 1. The zero-order valence-corrected chi connectivity index (χ0v) is 10.8. The standard InChI is InChI=1S/C12H10BrNO4/c13-9-3-1-8(2-4-9)7-10(15)11-5-6-12(18-11)14(16)17/h1-6,10,15H,7H2. The summed E-state index contributed by atoms with van der Waals surface area (Å²) in [5.41, 5.74) is 0.921. The molecule has 0 bridgehead atoms. The Hall–Kier alpha value is -1.66. The molecule has 1 unspecified atom stereocenters. The van der Waals surface area contributed by atoms with Gasteiger partial charge in [-0.1, -0.05) is 28.1 Å². The van der Waals surface area contributed by atoms with E-state index in [1.807, 2.05) is 24.3 Å². The summed E-state index contributed by atoms with van der Waals surface area (Å²) in [6, 6.07) is 10.1. The molecule has 0 aliphatic rings. The number of rotatable bonds is 4. The third kappa shape index (κ3) is 2.96. The third-order valence-electron chi connectivity index (χ3n) is 2.46. The summed E-state index contributed by atoms with van der Waals surface area (Å²) < 4.78 is 5.90. The average molecular weight is 312 g/mol. The fourth-order valence-corrected chi connectivity index (χ4v) is 1.83. The molecule has 0 fully saturated rings. The molecular formula is C12H10BrNO4. The van der Waals surface area contributed by atoms with Gasteiger partial charge in [0.2, 0.25) is 0 Å². The van der Waals surface area contributed by atoms with Crippen molar-refractivity contribution in [1.82, 2.24) is 0 Å². The van der Waals surface area contributed by atoms with Gasteiger partial charge in [-0.2, -0.15) is 0 Å². The molecule has 1 heterocycles. The molecule has 2 aromatic rings. The van der Waals surface area contributed by atoms with E-state index < -0.39 is 11.0 Å². The maximum atomic E-state index is 10.5. The highest BCUT2D eigenvalue weighted by Crippen LogP contribution is 2.24. The molecule has 6 heteroatoms. The van der Waals surface area contributed by atoms with Crippen molar-refractivity contribution in [2.45, 2.75) is 12.5 Å². The Bertz CT molecular complexity index is 549. The van der Waals surface area contributed by atoms with Crippen molar-refractivity contribution in [3.05, 3.63) is 62.3 Å². The van der Waals surface area contributed by atoms with Crippen molar-refractivity contribution in [3.8, 4) is 0 Å². The maximum Gasteiger partial charge on any atom is 0.433 e. The second-order valence-corrected chi connectivity index (χ2v) is 4.70. The Morgan fingerprint density at radius 2 is 1.94 bits per heavy atom. The van der Waals surface area contributed by atoms with E-state index in [1.54, 1.807) is 0 Å². The molecule has 0 aliphatic heterocycles. The quantitative estimate of drug-likeness (QED) is 0.694. The minimum absolute atomic E-state index is 0.199. The van der Waals surface area contributed by atoms with Crippen LogP contribution in [-0.4, -0.2) is 10.0 Å². The smallest absolute Gasteiger partial charge is 0.403 e. The Morgan fingerprint density at radius 3 is 2.50 bits per heavy atom. The van der Waals surface area contributed by atoms with Crippen LogP contribution in [0.3, 0.4) is 0 Å². The van der Waals surface area contributed by atoms with Gasteiger partial charge in [0.15, 0.2) is 0 Å². The van der Waals surface area contributed by atoms with Crippen LogP contribution in [0.2, 0.25) is 0 Å². The minimum Gasteiger partial charge on any atom is -0.403 e. The first-order chi connectivity index (χ1) is 8.56. The lowest BCUT2D eigenvalue weighted by atomic mass is 10.1. The lowest BCUT2D eigenvalue weighted by Gasteiger charge is -2.07. The van der Waals surface area contributed by atoms with Gasteiger partial charge in [0.05, 0.1) is 6.07 Å². The maximum absolute atomic E-state index is 10.5. The van der Waals surface area contributed by atoms with E-state index in [0.29, 0.717) is 6.42 Å². The van der Waals surface area contributed by atoms with Gasteiger partial charge in [0, 0.05) is 10.9 Å². The van der Waals surface area contributed by atoms with E-state index in [2.05, 4.69) is 15.9 Å². The number of nitro groups is 1. The molecule has 0 spiro atoms. The van der Waals surface area contributed by atoms with Crippen LogP contribution < -0.4 is 0 Å². The molecule has 1 N–H and O–H groups in total. The molecule has 1 aromatic heterocycles. The molecule has 0 saturated heterocycles. The van der Waals surface area contributed by atoms with Gasteiger partial charge in [0.25, 0.3) is 0 Å². The second kappa shape index (κ2) is 5.32. The predicted octanol–water partition coefficient (Wildman–Crippen LogP) is 3.23. The second-order valence-electron chi connectivity index (χ2n) is 3.78. The van der Waals surface area contributed by atoms with Gasteiger partial charge in [-0.25, -0.2) is 0 Å². The van der Waals surface area contributed by atoms with Crippen LogP contribution >= 0.6 is 15.9 Å². The highest BCUT2D eigenvalue weighted by atomic mass is 79.9. The summed E-state index contributed by atoms with van der Waals surface area (Å²) in [7, 11) is 0. The van der Waals surface area contributed by atoms with Crippen molar-refractivity contribution in [1.29, 1.82) is 0 Å². The molecule has 1 atom stereocenters. The van der Waals surface area contributed by atoms with Crippen LogP contribution in [0, 0.1) is 10.1 Å². The van der Waals surface area contributed by atoms with Crippen LogP contribution in [0.4, 0.5) is 5.88 Å². The minimum atomic E-state index is -0.889. The lowest BCUT2D eigenvalue weighted by molar-refractivity contribution is -0.402. The summed E-state index contributed by atoms with van der Waals surface area (Å²) in [5, 5.41) is 20.4. The first-order valence-corrected chi connectivity index (χ1v) is 6.02. The first-order valence-electron chi connectivity index (χ1n) is 5.23. The lowest BCUT2D eigenvalue weighted by Crippen LogP contribution is -2.00. The zero-order valence-electron chi connectivity index (χ0n) is 9.25. The topological polar surface area (TPSA) is 76.5 Å². The summed E-state index contributed by atoms with van der Waals surface area (Å²) in [6.45, 7) is 0. The number of aliphatic hydroxyl groups excluding tert-OH is 1. The molecule has 2 rings (SSSR count). The van der Waals surface area contributed by atoms with E-state index in [9.17, 15) is 15.2 Å². The van der Waals surface area contributed by atoms with Gasteiger partial charge >= 0.3 is 5.88 Å². The number of hydrogen-bond acceptors (Lipinski definition) is 4. The molecule has 0 saturated carbocycles. The molecule has 0 aliphatic carbocycles. The van der Waals surface area contributed by atoms with Crippen molar-refractivity contribution < 1.29 is 14.4 Å². The summed E-state index contributed by atoms with van der Waals surface area (Å²) >= 11 is 3.32. The Kier molecular flexibility index (Phi) is 3.78. The fraction of sp³-hybridized carbons (Fsp3) is 0.167. The molecule has 1 aromatic carbocycles. The van der Waals surface area contributed by atoms with Crippen LogP contribution in [0.1, 0.15) is 17.4 Å². The normalized spacial score (nSPS) is 12.3. The van der Waals surface area contributed by atoms with Crippen LogP contribution in [0.5, 0.6) is 0 Å².